The molecule has 2 aromatic heterocycles. The number of rotatable bonds is 3. The van der Waals surface area contributed by atoms with Crippen molar-refractivity contribution in [2.45, 2.75) is 6.92 Å². The monoisotopic (exact) mass is 310 g/mol. The summed E-state index contributed by atoms with van der Waals surface area (Å²) in [5.74, 6) is -1.14. The second-order valence-corrected chi connectivity index (χ2v) is 5.07. The summed E-state index contributed by atoms with van der Waals surface area (Å²) < 4.78 is 6.33. The largest absolute Gasteiger partial charge is 0.476 e. The van der Waals surface area contributed by atoms with Crippen LogP contribution >= 0.6 is 0 Å². The van der Waals surface area contributed by atoms with Gasteiger partial charge in [-0.25, -0.2) is 14.6 Å². The number of aryl methyl sites for hydroxylation is 1. The van der Waals surface area contributed by atoms with Gasteiger partial charge in [0.2, 0.25) is 0 Å². The molecule has 3 rings (SSSR count). The molecular formula is C17H14N2O4. The van der Waals surface area contributed by atoms with Crippen LogP contribution in [0.25, 0.3) is 16.9 Å². The number of hydrogen-bond acceptors (Lipinski definition) is 4. The highest BCUT2D eigenvalue weighted by atomic mass is 16.5. The summed E-state index contributed by atoms with van der Waals surface area (Å²) in [6, 6.07) is 10.6. The maximum atomic E-state index is 11.7. The molecule has 6 heteroatoms. The fraction of sp³-hybridized carbons (Fsp3) is 0.118. The van der Waals surface area contributed by atoms with Crippen molar-refractivity contribution in [1.82, 2.24) is 9.38 Å². The number of pyridine rings is 1. The Hall–Kier alpha value is -3.15. The summed E-state index contributed by atoms with van der Waals surface area (Å²) in [5, 5.41) is 9.37. The van der Waals surface area contributed by atoms with Gasteiger partial charge in [0, 0.05) is 11.8 Å². The van der Waals surface area contributed by atoms with Crippen LogP contribution in [0.5, 0.6) is 0 Å². The number of imidazole rings is 1. The maximum absolute atomic E-state index is 11.7. The molecule has 0 aliphatic carbocycles. The lowest BCUT2D eigenvalue weighted by atomic mass is 10.1. The predicted molar refractivity (Wildman–Crippen MR) is 83.7 cm³/mol. The van der Waals surface area contributed by atoms with Gasteiger partial charge in [0.25, 0.3) is 0 Å². The van der Waals surface area contributed by atoms with E-state index in [1.807, 2.05) is 31.2 Å². The van der Waals surface area contributed by atoms with E-state index in [9.17, 15) is 14.7 Å². The topological polar surface area (TPSA) is 80.9 Å². The lowest BCUT2D eigenvalue weighted by Gasteiger charge is -2.06. The molecule has 3 aromatic rings. The first-order valence-electron chi connectivity index (χ1n) is 6.92. The minimum Gasteiger partial charge on any atom is -0.476 e. The van der Waals surface area contributed by atoms with Crippen LogP contribution in [0.15, 0.2) is 42.6 Å². The molecule has 116 valence electrons. The molecule has 0 unspecified atom stereocenters. The first kappa shape index (κ1) is 14.8. The van der Waals surface area contributed by atoms with Gasteiger partial charge >= 0.3 is 11.9 Å². The smallest absolute Gasteiger partial charge is 0.356 e. The molecule has 23 heavy (non-hydrogen) atoms. The Morgan fingerprint density at radius 3 is 2.57 bits per heavy atom. The second-order valence-electron chi connectivity index (χ2n) is 5.07. The number of carboxylic acids is 1. The maximum Gasteiger partial charge on any atom is 0.356 e. The van der Waals surface area contributed by atoms with Gasteiger partial charge in [-0.05, 0) is 24.6 Å². The van der Waals surface area contributed by atoms with Gasteiger partial charge in [0.1, 0.15) is 5.82 Å². The van der Waals surface area contributed by atoms with E-state index >= 15 is 0 Å². The molecule has 0 atom stereocenters. The number of ether oxygens (including phenoxy) is 1. The summed E-state index contributed by atoms with van der Waals surface area (Å²) in [5.41, 5.74) is 2.45. The highest BCUT2D eigenvalue weighted by Crippen LogP contribution is 2.26. The number of hydrogen-bond donors (Lipinski definition) is 1. The molecule has 0 radical (unpaired) electrons. The molecule has 0 spiro atoms. The fourth-order valence-electron chi connectivity index (χ4n) is 2.50. The highest BCUT2D eigenvalue weighted by molar-refractivity contribution is 5.96. The minimum absolute atomic E-state index is 0.0559. The molecule has 0 bridgehead atoms. The molecule has 2 heterocycles. The Labute approximate surface area is 132 Å². The van der Waals surface area contributed by atoms with Crippen molar-refractivity contribution in [2.75, 3.05) is 7.11 Å². The van der Waals surface area contributed by atoms with Crippen LogP contribution in [0.2, 0.25) is 0 Å². The van der Waals surface area contributed by atoms with Crippen molar-refractivity contribution >= 4 is 17.5 Å². The Bertz CT molecular complexity index is 927. The molecule has 0 aliphatic rings. The van der Waals surface area contributed by atoms with Crippen LogP contribution in [0, 0.1) is 6.92 Å². The van der Waals surface area contributed by atoms with Crippen LogP contribution in [0.1, 0.15) is 26.4 Å². The Morgan fingerprint density at radius 2 is 1.91 bits per heavy atom. The predicted octanol–water partition coefficient (Wildman–Crippen LogP) is 2.79. The molecule has 0 fully saturated rings. The van der Waals surface area contributed by atoms with Crippen LogP contribution in [-0.2, 0) is 4.74 Å². The standard InChI is InChI=1S/C17H14N2O4/c1-10-5-3-4-6-12(10)15-18-14(16(20)21)13-8-7-11(9-19(13)15)17(22)23-2/h3-9H,1-2H3,(H,20,21). The number of fused-ring (bicyclic) bond motifs is 1. The number of aromatic carboxylic acids is 1. The van der Waals surface area contributed by atoms with Crippen LogP contribution in [0.3, 0.4) is 0 Å². The number of carboxylic acid groups (broad SMARTS) is 1. The van der Waals surface area contributed by atoms with Crippen LogP contribution in [-0.4, -0.2) is 33.5 Å². The minimum atomic E-state index is -1.12. The first-order chi connectivity index (χ1) is 11.0. The molecule has 0 amide bonds. The van der Waals surface area contributed by atoms with Crippen LogP contribution in [0.4, 0.5) is 0 Å². The molecule has 0 saturated heterocycles. The summed E-state index contributed by atoms with van der Waals surface area (Å²) in [6.07, 6.45) is 1.54. The van der Waals surface area contributed by atoms with Gasteiger partial charge in [-0.15, -0.1) is 0 Å². The van der Waals surface area contributed by atoms with E-state index < -0.39 is 11.9 Å². The van der Waals surface area contributed by atoms with Gasteiger partial charge in [-0.1, -0.05) is 24.3 Å². The van der Waals surface area contributed by atoms with Crippen molar-refractivity contribution in [3.05, 3.63) is 59.4 Å². The van der Waals surface area contributed by atoms with E-state index in [1.54, 1.807) is 16.7 Å². The van der Waals surface area contributed by atoms with E-state index in [-0.39, 0.29) is 5.69 Å². The lowest BCUT2D eigenvalue weighted by Crippen LogP contribution is -2.03. The van der Waals surface area contributed by atoms with Crippen molar-refractivity contribution in [1.29, 1.82) is 0 Å². The van der Waals surface area contributed by atoms with Gasteiger partial charge in [0.15, 0.2) is 5.69 Å². The average molecular weight is 310 g/mol. The third-order valence-corrected chi connectivity index (χ3v) is 3.65. The number of carbonyl (C=O) groups excluding carboxylic acids is 1. The number of nitrogens with zero attached hydrogens (tertiary/aromatic N) is 2. The zero-order chi connectivity index (χ0) is 16.6. The summed E-state index contributed by atoms with van der Waals surface area (Å²) in [4.78, 5) is 27.4. The first-order valence-corrected chi connectivity index (χ1v) is 6.92. The number of carbonyl (C=O) groups is 2. The molecule has 1 N–H and O–H groups in total. The molecular weight excluding hydrogens is 296 g/mol. The number of methoxy groups -OCH3 is 1. The Kier molecular flexibility index (Phi) is 3.57. The van der Waals surface area contributed by atoms with Gasteiger partial charge < -0.3 is 9.84 Å². The molecule has 0 aliphatic heterocycles. The summed E-state index contributed by atoms with van der Waals surface area (Å²) >= 11 is 0. The summed E-state index contributed by atoms with van der Waals surface area (Å²) in [7, 11) is 1.30. The zero-order valence-corrected chi connectivity index (χ0v) is 12.6. The van der Waals surface area contributed by atoms with E-state index in [0.717, 1.165) is 11.1 Å². The van der Waals surface area contributed by atoms with E-state index in [4.69, 9.17) is 4.74 Å². The average Bonchev–Trinajstić information content (AvgIpc) is 2.93. The lowest BCUT2D eigenvalue weighted by molar-refractivity contribution is 0.0599. The third-order valence-electron chi connectivity index (χ3n) is 3.65. The highest BCUT2D eigenvalue weighted by Gasteiger charge is 2.20. The number of esters is 1. The second kappa shape index (κ2) is 5.57. The van der Waals surface area contributed by atoms with E-state index in [2.05, 4.69) is 4.98 Å². The SMILES string of the molecule is COC(=O)c1ccc2c(C(=O)O)nc(-c3ccccc3C)n2c1. The third kappa shape index (κ3) is 2.44. The van der Waals surface area contributed by atoms with Crippen LogP contribution < -0.4 is 0 Å². The van der Waals surface area contributed by atoms with Crippen molar-refractivity contribution < 1.29 is 19.4 Å². The van der Waals surface area contributed by atoms with E-state index in [1.165, 1.54) is 13.2 Å². The zero-order valence-electron chi connectivity index (χ0n) is 12.6. The Morgan fingerprint density at radius 1 is 1.17 bits per heavy atom. The Balaban J connectivity index is 2.34. The van der Waals surface area contributed by atoms with Gasteiger partial charge in [0.05, 0.1) is 18.2 Å². The fourth-order valence-corrected chi connectivity index (χ4v) is 2.50. The van der Waals surface area contributed by atoms with E-state index in [0.29, 0.717) is 16.9 Å². The number of benzene rings is 1. The molecule has 6 nitrogen and oxygen atoms in total. The summed E-state index contributed by atoms with van der Waals surface area (Å²) in [6.45, 7) is 1.92. The quantitative estimate of drug-likeness (QED) is 0.752. The van der Waals surface area contributed by atoms with Crippen molar-refractivity contribution in [3.8, 4) is 11.4 Å². The molecule has 0 saturated carbocycles. The number of aromatic nitrogens is 2. The normalized spacial score (nSPS) is 10.7. The molecule has 1 aromatic carbocycles. The van der Waals surface area contributed by atoms with Crippen molar-refractivity contribution in [3.63, 3.8) is 0 Å². The van der Waals surface area contributed by atoms with Gasteiger partial charge in [-0.2, -0.15) is 0 Å². The van der Waals surface area contributed by atoms with Crippen molar-refractivity contribution in [2.24, 2.45) is 0 Å². The van der Waals surface area contributed by atoms with Gasteiger partial charge in [-0.3, -0.25) is 4.40 Å².